The van der Waals surface area contributed by atoms with E-state index >= 15 is 0 Å². The molecule has 1 amide bonds. The summed E-state index contributed by atoms with van der Waals surface area (Å²) >= 11 is 6.27. The summed E-state index contributed by atoms with van der Waals surface area (Å²) in [5, 5.41) is 0.197. The van der Waals surface area contributed by atoms with Gasteiger partial charge in [0.05, 0.1) is 15.5 Å². The molecule has 0 unspecified atom stereocenters. The number of hydrogen-bond donors (Lipinski definition) is 1. The van der Waals surface area contributed by atoms with Gasteiger partial charge in [0.2, 0.25) is 0 Å². The van der Waals surface area contributed by atoms with E-state index in [2.05, 4.69) is 30.4 Å². The van der Waals surface area contributed by atoms with Crippen molar-refractivity contribution >= 4 is 33.2 Å². The first-order chi connectivity index (χ1) is 14.5. The van der Waals surface area contributed by atoms with Crippen molar-refractivity contribution in [2.75, 3.05) is 30.9 Å². The highest BCUT2D eigenvalue weighted by Crippen LogP contribution is 2.25. The summed E-state index contributed by atoms with van der Waals surface area (Å²) < 4.78 is 41.0. The van der Waals surface area contributed by atoms with Gasteiger partial charge in [-0.2, -0.15) is 0 Å². The van der Waals surface area contributed by atoms with Gasteiger partial charge in [-0.15, -0.1) is 0 Å². The Kier molecular flexibility index (Phi) is 6.93. The Hall–Kier alpha value is -2.16. The number of halogens is 2. The first kappa shape index (κ1) is 23.5. The average molecular weight is 468 g/mol. The lowest BCUT2D eigenvalue weighted by molar-refractivity contribution is 0.0749. The Balaban J connectivity index is 1.81. The molecule has 0 atom stereocenters. The summed E-state index contributed by atoms with van der Waals surface area (Å²) in [5.41, 5.74) is 0.378. The third-order valence-corrected chi connectivity index (χ3v) is 7.02. The second-order valence-electron chi connectivity index (χ2n) is 8.56. The molecule has 2 aromatic carbocycles. The molecule has 0 aromatic heterocycles. The number of benzene rings is 2. The van der Waals surface area contributed by atoms with Gasteiger partial charge in [-0.25, -0.2) is 12.8 Å². The zero-order valence-electron chi connectivity index (χ0n) is 17.9. The van der Waals surface area contributed by atoms with Gasteiger partial charge < -0.3 is 4.90 Å². The number of amides is 1. The van der Waals surface area contributed by atoms with E-state index in [9.17, 15) is 17.6 Å². The van der Waals surface area contributed by atoms with E-state index in [4.69, 9.17) is 11.6 Å². The van der Waals surface area contributed by atoms with E-state index in [0.29, 0.717) is 13.1 Å². The molecule has 168 valence electrons. The Morgan fingerprint density at radius 2 is 1.71 bits per heavy atom. The first-order valence-corrected chi connectivity index (χ1v) is 12.0. The molecule has 31 heavy (non-hydrogen) atoms. The van der Waals surface area contributed by atoms with Crippen LogP contribution in [0.1, 0.15) is 37.6 Å². The molecule has 3 rings (SSSR count). The van der Waals surface area contributed by atoms with Crippen LogP contribution in [0, 0.1) is 5.82 Å². The van der Waals surface area contributed by atoms with Crippen LogP contribution in [0.5, 0.6) is 0 Å². The smallest absolute Gasteiger partial charge is 0.261 e. The molecule has 2 aromatic rings. The molecule has 0 spiro atoms. The molecule has 9 heteroatoms. The van der Waals surface area contributed by atoms with Crippen molar-refractivity contribution < 1.29 is 17.6 Å². The highest BCUT2D eigenvalue weighted by Gasteiger charge is 2.28. The molecule has 1 N–H and O–H groups in total. The lowest BCUT2D eigenvalue weighted by atomic mass is 10.1. The summed E-state index contributed by atoms with van der Waals surface area (Å²) in [6.07, 6.45) is 0.824. The molecule has 0 bridgehead atoms. The number of sulfonamides is 1. The van der Waals surface area contributed by atoms with E-state index in [1.807, 2.05) is 0 Å². The van der Waals surface area contributed by atoms with E-state index in [1.165, 1.54) is 30.3 Å². The van der Waals surface area contributed by atoms with Crippen LogP contribution in [-0.2, 0) is 10.0 Å². The van der Waals surface area contributed by atoms with Gasteiger partial charge in [0, 0.05) is 37.4 Å². The van der Waals surface area contributed by atoms with Crippen molar-refractivity contribution in [3.05, 3.63) is 58.9 Å². The molecule has 1 aliphatic rings. The number of hydrogen-bond acceptors (Lipinski definition) is 4. The van der Waals surface area contributed by atoms with E-state index in [0.717, 1.165) is 31.6 Å². The van der Waals surface area contributed by atoms with Crippen LogP contribution in [0.15, 0.2) is 47.4 Å². The lowest BCUT2D eigenvalue weighted by Gasteiger charge is -2.34. The molecule has 1 aliphatic heterocycles. The Morgan fingerprint density at radius 3 is 2.35 bits per heavy atom. The summed E-state index contributed by atoms with van der Waals surface area (Å²) in [6, 6.07) is 9.02. The molecule has 0 radical (unpaired) electrons. The summed E-state index contributed by atoms with van der Waals surface area (Å²) in [4.78, 5) is 17.1. The van der Waals surface area contributed by atoms with Crippen LogP contribution in [0.2, 0.25) is 5.02 Å². The first-order valence-electron chi connectivity index (χ1n) is 10.1. The predicted molar refractivity (Wildman–Crippen MR) is 121 cm³/mol. The Bertz CT molecular complexity index is 1050. The summed E-state index contributed by atoms with van der Waals surface area (Å²) in [5.74, 6) is -0.760. The highest BCUT2D eigenvalue weighted by atomic mass is 35.5. The minimum Gasteiger partial charge on any atom is -0.337 e. The largest absolute Gasteiger partial charge is 0.337 e. The SMILES string of the molecule is CC(C)(C)N1CCCN(C(=O)c2cc(S(=O)(=O)Nc3ccc(F)cc3)ccc2Cl)CC1. The third kappa shape index (κ3) is 5.75. The van der Waals surface area contributed by atoms with Crippen LogP contribution < -0.4 is 4.72 Å². The normalized spacial score (nSPS) is 16.1. The molecule has 1 heterocycles. The van der Waals surface area contributed by atoms with E-state index in [-0.39, 0.29) is 32.6 Å². The van der Waals surface area contributed by atoms with Gasteiger partial charge in [-0.3, -0.25) is 14.4 Å². The Labute approximate surface area is 188 Å². The molecule has 0 aliphatic carbocycles. The second-order valence-corrected chi connectivity index (χ2v) is 10.6. The van der Waals surface area contributed by atoms with Gasteiger partial charge in [0.1, 0.15) is 5.82 Å². The molecule has 1 fully saturated rings. The van der Waals surface area contributed by atoms with E-state index < -0.39 is 15.8 Å². The Morgan fingerprint density at radius 1 is 1.03 bits per heavy atom. The summed E-state index contributed by atoms with van der Waals surface area (Å²) in [6.45, 7) is 9.16. The van der Waals surface area contributed by atoms with Crippen LogP contribution in [-0.4, -0.2) is 55.8 Å². The minimum atomic E-state index is -3.98. The maximum atomic E-state index is 13.2. The highest BCUT2D eigenvalue weighted by molar-refractivity contribution is 7.92. The maximum Gasteiger partial charge on any atom is 0.261 e. The number of carbonyl (C=O) groups is 1. The topological polar surface area (TPSA) is 69.7 Å². The predicted octanol–water partition coefficient (Wildman–Crippen LogP) is 4.23. The van der Waals surface area contributed by atoms with Gasteiger partial charge in [0.25, 0.3) is 15.9 Å². The fourth-order valence-corrected chi connectivity index (χ4v) is 4.81. The van der Waals surface area contributed by atoms with Crippen molar-refractivity contribution in [2.24, 2.45) is 0 Å². The average Bonchev–Trinajstić information content (AvgIpc) is 2.96. The monoisotopic (exact) mass is 467 g/mol. The quantitative estimate of drug-likeness (QED) is 0.730. The van der Waals surface area contributed by atoms with Crippen molar-refractivity contribution in [2.45, 2.75) is 37.6 Å². The van der Waals surface area contributed by atoms with Crippen LogP contribution in [0.25, 0.3) is 0 Å². The van der Waals surface area contributed by atoms with Gasteiger partial charge in [-0.05, 0) is 69.7 Å². The van der Waals surface area contributed by atoms with Crippen LogP contribution in [0.3, 0.4) is 0 Å². The third-order valence-electron chi connectivity index (χ3n) is 5.31. The zero-order chi connectivity index (χ0) is 22.8. The lowest BCUT2D eigenvalue weighted by Crippen LogP contribution is -2.44. The number of anilines is 1. The van der Waals surface area contributed by atoms with E-state index in [1.54, 1.807) is 4.90 Å². The van der Waals surface area contributed by atoms with Crippen LogP contribution in [0.4, 0.5) is 10.1 Å². The number of nitrogens with one attached hydrogen (secondary N) is 1. The number of rotatable bonds is 4. The van der Waals surface area contributed by atoms with Crippen LogP contribution >= 0.6 is 11.6 Å². The van der Waals surface area contributed by atoms with Gasteiger partial charge in [-0.1, -0.05) is 11.6 Å². The zero-order valence-corrected chi connectivity index (χ0v) is 19.4. The number of carbonyl (C=O) groups excluding carboxylic acids is 1. The number of nitrogens with zero attached hydrogens (tertiary/aromatic N) is 2. The fourth-order valence-electron chi connectivity index (χ4n) is 3.53. The fraction of sp³-hybridized carbons (Fsp3) is 0.409. The molecule has 6 nitrogen and oxygen atoms in total. The molecular formula is C22H27ClFN3O3S. The standard InChI is InChI=1S/C22H27ClFN3O3S/c1-22(2,3)27-12-4-11-26(13-14-27)21(28)19-15-18(9-10-20(19)23)31(29,30)25-17-7-5-16(24)6-8-17/h5-10,15,25H,4,11-14H2,1-3H3. The minimum absolute atomic E-state index is 0.0106. The summed E-state index contributed by atoms with van der Waals surface area (Å²) in [7, 11) is -3.98. The van der Waals surface area contributed by atoms with Gasteiger partial charge >= 0.3 is 0 Å². The maximum absolute atomic E-state index is 13.2. The van der Waals surface area contributed by atoms with Crippen molar-refractivity contribution in [1.82, 2.24) is 9.80 Å². The van der Waals surface area contributed by atoms with Crippen molar-refractivity contribution in [3.63, 3.8) is 0 Å². The van der Waals surface area contributed by atoms with Gasteiger partial charge in [0.15, 0.2) is 0 Å². The van der Waals surface area contributed by atoms with Crippen molar-refractivity contribution in [3.8, 4) is 0 Å². The van der Waals surface area contributed by atoms with Crippen molar-refractivity contribution in [1.29, 1.82) is 0 Å². The molecule has 0 saturated carbocycles. The molecule has 1 saturated heterocycles. The molecular weight excluding hydrogens is 441 g/mol. The second kappa shape index (κ2) is 9.14.